The van der Waals surface area contributed by atoms with E-state index < -0.39 is 0 Å². The summed E-state index contributed by atoms with van der Waals surface area (Å²) >= 11 is 0. The lowest BCUT2D eigenvalue weighted by atomic mass is 10.0. The Morgan fingerprint density at radius 2 is 2.27 bits per heavy atom. The highest BCUT2D eigenvalue weighted by molar-refractivity contribution is 4.74. The van der Waals surface area contributed by atoms with Gasteiger partial charge in [-0.25, -0.2) is 5.90 Å². The quantitative estimate of drug-likeness (QED) is 0.604. The van der Waals surface area contributed by atoms with Gasteiger partial charge in [-0.15, -0.1) is 0 Å². The van der Waals surface area contributed by atoms with Crippen LogP contribution >= 0.6 is 0 Å². The molecule has 0 amide bonds. The fraction of sp³-hybridized carbons (Fsp3) is 1.00. The Hall–Kier alpha value is -0.160. The molecule has 66 valence electrons. The smallest absolute Gasteiger partial charge is 0.147 e. The molecule has 0 aromatic rings. The van der Waals surface area contributed by atoms with E-state index in [0.717, 1.165) is 0 Å². The van der Waals surface area contributed by atoms with Gasteiger partial charge in [-0.05, 0) is 5.92 Å². The lowest BCUT2D eigenvalue weighted by Crippen LogP contribution is -2.37. The predicted octanol–water partition coefficient (Wildman–Crippen LogP) is 0.274. The normalized spacial score (nSPS) is 27.8. The van der Waals surface area contributed by atoms with Crippen molar-refractivity contribution in [3.05, 3.63) is 0 Å². The van der Waals surface area contributed by atoms with Crippen LogP contribution in [-0.4, -0.2) is 25.6 Å². The van der Waals surface area contributed by atoms with E-state index in [2.05, 4.69) is 0 Å². The van der Waals surface area contributed by atoms with Gasteiger partial charge in [0, 0.05) is 0 Å². The van der Waals surface area contributed by atoms with Crippen molar-refractivity contribution in [2.75, 3.05) is 13.4 Å². The van der Waals surface area contributed by atoms with Gasteiger partial charge < -0.3 is 9.47 Å². The molecule has 4 nitrogen and oxygen atoms in total. The van der Waals surface area contributed by atoms with Crippen LogP contribution in [0, 0.1) is 5.92 Å². The summed E-state index contributed by atoms with van der Waals surface area (Å²) in [6.07, 6.45) is -0.0579. The largest absolute Gasteiger partial charge is 0.353 e. The molecule has 2 N–H and O–H groups in total. The Balaban J connectivity index is 2.40. The Labute approximate surface area is 66.6 Å². The molecule has 0 aliphatic carbocycles. The van der Waals surface area contributed by atoms with Crippen molar-refractivity contribution in [1.29, 1.82) is 0 Å². The number of nitrogens with two attached hydrogens (primary N) is 1. The maximum atomic E-state index is 5.24. The first kappa shape index (κ1) is 8.93. The second-order valence-corrected chi connectivity index (χ2v) is 3.04. The van der Waals surface area contributed by atoms with E-state index in [1.165, 1.54) is 0 Å². The number of hydrogen-bond acceptors (Lipinski definition) is 4. The molecule has 1 rings (SSSR count). The van der Waals surface area contributed by atoms with E-state index in [1.54, 1.807) is 0 Å². The zero-order valence-electron chi connectivity index (χ0n) is 6.95. The maximum Gasteiger partial charge on any atom is 0.147 e. The zero-order chi connectivity index (χ0) is 8.27. The molecule has 0 radical (unpaired) electrons. The molecular weight excluding hydrogens is 146 g/mol. The highest BCUT2D eigenvalue weighted by Crippen LogP contribution is 2.16. The van der Waals surface area contributed by atoms with Crippen molar-refractivity contribution < 1.29 is 14.3 Å². The molecule has 11 heavy (non-hydrogen) atoms. The predicted molar refractivity (Wildman–Crippen MR) is 39.6 cm³/mol. The van der Waals surface area contributed by atoms with Gasteiger partial charge >= 0.3 is 0 Å². The number of hydrogen-bond donors (Lipinski definition) is 1. The molecule has 0 spiro atoms. The second kappa shape index (κ2) is 4.01. The fourth-order valence-electron chi connectivity index (χ4n) is 1.21. The van der Waals surface area contributed by atoms with Crippen LogP contribution in [0.1, 0.15) is 13.8 Å². The van der Waals surface area contributed by atoms with Crippen LogP contribution in [0.5, 0.6) is 0 Å². The number of rotatable bonds is 3. The van der Waals surface area contributed by atoms with Crippen molar-refractivity contribution in [1.82, 2.24) is 0 Å². The topological polar surface area (TPSA) is 53.7 Å². The molecular formula is C7H15NO3. The molecule has 0 bridgehead atoms. The first-order valence-electron chi connectivity index (χ1n) is 3.80. The van der Waals surface area contributed by atoms with Crippen molar-refractivity contribution >= 4 is 0 Å². The minimum absolute atomic E-state index is 0.000000000000000222. The van der Waals surface area contributed by atoms with Crippen molar-refractivity contribution in [3.63, 3.8) is 0 Å². The summed E-state index contributed by atoms with van der Waals surface area (Å²) in [4.78, 5) is 4.79. The van der Waals surface area contributed by atoms with E-state index in [4.69, 9.17) is 20.2 Å². The van der Waals surface area contributed by atoms with Crippen LogP contribution in [0.3, 0.4) is 0 Å². The van der Waals surface area contributed by atoms with Crippen LogP contribution in [0.4, 0.5) is 0 Å². The molecule has 1 saturated heterocycles. The lowest BCUT2D eigenvalue weighted by Gasteiger charge is -2.22. The monoisotopic (exact) mass is 161 g/mol. The lowest BCUT2D eigenvalue weighted by molar-refractivity contribution is -0.0706. The van der Waals surface area contributed by atoms with Crippen LogP contribution in [0.2, 0.25) is 0 Å². The third-order valence-corrected chi connectivity index (χ3v) is 1.83. The average molecular weight is 161 g/mol. The van der Waals surface area contributed by atoms with Crippen LogP contribution in [0.15, 0.2) is 0 Å². The third-order valence-electron chi connectivity index (χ3n) is 1.83. The summed E-state index contributed by atoms with van der Waals surface area (Å²) in [5.41, 5.74) is 0. The molecule has 1 aliphatic rings. The first-order chi connectivity index (χ1) is 5.25. The molecule has 4 heteroatoms. The Bertz CT molecular complexity index is 112. The van der Waals surface area contributed by atoms with Gasteiger partial charge in [0.1, 0.15) is 19.0 Å². The van der Waals surface area contributed by atoms with E-state index in [0.29, 0.717) is 19.3 Å². The SMILES string of the molecule is CC(C)C(ON)C1COCO1. The van der Waals surface area contributed by atoms with Crippen LogP contribution in [0.25, 0.3) is 0 Å². The minimum atomic E-state index is -0.0579. The Morgan fingerprint density at radius 1 is 1.55 bits per heavy atom. The van der Waals surface area contributed by atoms with E-state index in [9.17, 15) is 0 Å². The molecule has 0 aromatic carbocycles. The summed E-state index contributed by atoms with van der Waals surface area (Å²) in [7, 11) is 0. The highest BCUT2D eigenvalue weighted by Gasteiger charge is 2.29. The Morgan fingerprint density at radius 3 is 2.64 bits per heavy atom. The summed E-state index contributed by atoms with van der Waals surface area (Å²) in [6, 6.07) is 0. The summed E-state index contributed by atoms with van der Waals surface area (Å²) < 4.78 is 10.3. The van der Waals surface area contributed by atoms with Gasteiger partial charge in [-0.1, -0.05) is 13.8 Å². The average Bonchev–Trinajstić information content (AvgIpc) is 2.40. The highest BCUT2D eigenvalue weighted by atomic mass is 16.7. The summed E-state index contributed by atoms with van der Waals surface area (Å²) in [6.45, 7) is 5.02. The summed E-state index contributed by atoms with van der Waals surface area (Å²) in [5, 5.41) is 0. The molecule has 0 aromatic heterocycles. The standard InChI is InChI=1S/C7H15NO3/c1-5(2)7(11-8)6-3-9-4-10-6/h5-7H,3-4,8H2,1-2H3. The molecule has 1 heterocycles. The van der Waals surface area contributed by atoms with Crippen LogP contribution in [-0.2, 0) is 14.3 Å². The van der Waals surface area contributed by atoms with E-state index in [1.807, 2.05) is 13.8 Å². The van der Waals surface area contributed by atoms with Gasteiger partial charge in [0.15, 0.2) is 0 Å². The molecule has 1 aliphatic heterocycles. The van der Waals surface area contributed by atoms with Gasteiger partial charge in [-0.3, -0.25) is 4.84 Å². The zero-order valence-corrected chi connectivity index (χ0v) is 6.95. The van der Waals surface area contributed by atoms with Gasteiger partial charge in [0.25, 0.3) is 0 Å². The third kappa shape index (κ3) is 2.13. The van der Waals surface area contributed by atoms with Crippen molar-refractivity contribution in [3.8, 4) is 0 Å². The summed E-state index contributed by atoms with van der Waals surface area (Å²) in [5.74, 6) is 5.47. The maximum absolute atomic E-state index is 5.24. The first-order valence-corrected chi connectivity index (χ1v) is 3.80. The fourth-order valence-corrected chi connectivity index (χ4v) is 1.21. The molecule has 0 saturated carbocycles. The van der Waals surface area contributed by atoms with Crippen LogP contribution < -0.4 is 5.90 Å². The minimum Gasteiger partial charge on any atom is -0.353 e. The van der Waals surface area contributed by atoms with E-state index in [-0.39, 0.29) is 12.2 Å². The Kier molecular flexibility index (Phi) is 3.26. The van der Waals surface area contributed by atoms with E-state index >= 15 is 0 Å². The van der Waals surface area contributed by atoms with Crippen molar-refractivity contribution in [2.45, 2.75) is 26.1 Å². The van der Waals surface area contributed by atoms with Gasteiger partial charge in [0.2, 0.25) is 0 Å². The van der Waals surface area contributed by atoms with Gasteiger partial charge in [-0.2, -0.15) is 0 Å². The molecule has 2 unspecified atom stereocenters. The number of ether oxygens (including phenoxy) is 2. The molecule has 1 fully saturated rings. The van der Waals surface area contributed by atoms with Crippen molar-refractivity contribution in [2.24, 2.45) is 11.8 Å². The molecule has 2 atom stereocenters. The van der Waals surface area contributed by atoms with Gasteiger partial charge in [0.05, 0.1) is 6.61 Å². The second-order valence-electron chi connectivity index (χ2n) is 3.04.